The molecule has 0 spiro atoms. The lowest BCUT2D eigenvalue weighted by Crippen LogP contribution is -2.41. The van der Waals surface area contributed by atoms with Crippen molar-refractivity contribution >= 4 is 11.6 Å². The summed E-state index contributed by atoms with van der Waals surface area (Å²) in [5.41, 5.74) is 8.11. The van der Waals surface area contributed by atoms with Crippen LogP contribution in [0.5, 0.6) is 0 Å². The van der Waals surface area contributed by atoms with Crippen LogP contribution in [-0.4, -0.2) is 37.7 Å². The number of nitrogens with one attached hydrogen (secondary N) is 2. The molecule has 5 nitrogen and oxygen atoms in total. The molecule has 8 heteroatoms. The predicted octanol–water partition coefficient (Wildman–Crippen LogP) is 4.12. The monoisotopic (exact) mass is 483 g/mol. The number of nitrogens with two attached hydrogens (primary N) is 1. The smallest absolute Gasteiger partial charge is 0.242 e. The zero-order chi connectivity index (χ0) is 24.8. The van der Waals surface area contributed by atoms with E-state index in [9.17, 15) is 18.0 Å². The number of benzene rings is 3. The third kappa shape index (κ3) is 6.08. The molecule has 0 bridgehead atoms. The Kier molecular flexibility index (Phi) is 8.17. The fourth-order valence-electron chi connectivity index (χ4n) is 4.38. The third-order valence-corrected chi connectivity index (χ3v) is 6.22. The number of halogens is 3. The number of hydrogen-bond acceptors (Lipinski definition) is 4. The van der Waals surface area contributed by atoms with Crippen molar-refractivity contribution < 1.29 is 22.7 Å². The topological polar surface area (TPSA) is 76.4 Å². The third-order valence-electron chi connectivity index (χ3n) is 6.22. The van der Waals surface area contributed by atoms with Crippen molar-refractivity contribution in [1.82, 2.24) is 5.32 Å². The molecular formula is C27H28F3N3O2. The van der Waals surface area contributed by atoms with Gasteiger partial charge in [-0.1, -0.05) is 42.5 Å². The van der Waals surface area contributed by atoms with Crippen LogP contribution in [0.2, 0.25) is 0 Å². The van der Waals surface area contributed by atoms with Gasteiger partial charge in [-0.2, -0.15) is 0 Å². The highest BCUT2D eigenvalue weighted by Gasteiger charge is 2.29. The van der Waals surface area contributed by atoms with E-state index in [1.54, 1.807) is 30.3 Å². The summed E-state index contributed by atoms with van der Waals surface area (Å²) < 4.78 is 48.0. The van der Waals surface area contributed by atoms with Crippen LogP contribution in [-0.2, 0) is 16.0 Å². The first-order valence-corrected chi connectivity index (χ1v) is 11.6. The van der Waals surface area contributed by atoms with Crippen molar-refractivity contribution in [3.8, 4) is 0 Å². The zero-order valence-corrected chi connectivity index (χ0v) is 19.1. The average molecular weight is 484 g/mol. The lowest BCUT2D eigenvalue weighted by atomic mass is 9.85. The molecule has 1 saturated heterocycles. The second kappa shape index (κ2) is 11.5. The first kappa shape index (κ1) is 24.9. The molecule has 1 aliphatic rings. The SMILES string of the molecule is N[C@H](C(=O)Nc1cccc(F)c1CC[C@@H]1CNCCO1)[C@H](c1ccccc1)c1ccc(F)c(F)c1. The Labute approximate surface area is 202 Å². The minimum absolute atomic E-state index is 0.0370. The number of carbonyl (C=O) groups excluding carboxylic acids is 1. The Bertz CT molecular complexity index is 1150. The molecule has 0 aliphatic carbocycles. The molecule has 0 unspecified atom stereocenters. The summed E-state index contributed by atoms with van der Waals surface area (Å²) in [5, 5.41) is 6.00. The summed E-state index contributed by atoms with van der Waals surface area (Å²) >= 11 is 0. The van der Waals surface area contributed by atoms with Gasteiger partial charge in [0.05, 0.1) is 18.8 Å². The van der Waals surface area contributed by atoms with Gasteiger partial charge in [0.15, 0.2) is 11.6 Å². The van der Waals surface area contributed by atoms with Crippen molar-refractivity contribution in [3.05, 3.63) is 101 Å². The Balaban J connectivity index is 1.57. The molecule has 0 radical (unpaired) electrons. The van der Waals surface area contributed by atoms with Crippen LogP contribution in [0.4, 0.5) is 18.9 Å². The van der Waals surface area contributed by atoms with Crippen LogP contribution in [0.25, 0.3) is 0 Å². The molecule has 4 N–H and O–H groups in total. The van der Waals surface area contributed by atoms with Crippen molar-refractivity contribution in [2.24, 2.45) is 5.73 Å². The molecule has 1 fully saturated rings. The van der Waals surface area contributed by atoms with E-state index in [1.165, 1.54) is 18.2 Å². The maximum Gasteiger partial charge on any atom is 0.242 e. The van der Waals surface area contributed by atoms with E-state index in [-0.39, 0.29) is 6.10 Å². The van der Waals surface area contributed by atoms with Crippen LogP contribution in [0.3, 0.4) is 0 Å². The number of rotatable bonds is 8. The number of carbonyl (C=O) groups is 1. The van der Waals surface area contributed by atoms with E-state index in [2.05, 4.69) is 10.6 Å². The maximum atomic E-state index is 14.7. The van der Waals surface area contributed by atoms with Crippen molar-refractivity contribution in [3.63, 3.8) is 0 Å². The fourth-order valence-corrected chi connectivity index (χ4v) is 4.38. The summed E-state index contributed by atoms with van der Waals surface area (Å²) in [6.45, 7) is 2.08. The van der Waals surface area contributed by atoms with Crippen LogP contribution in [0.1, 0.15) is 29.0 Å². The van der Waals surface area contributed by atoms with Crippen molar-refractivity contribution in [1.29, 1.82) is 0 Å². The first-order valence-electron chi connectivity index (χ1n) is 11.6. The number of ether oxygens (including phenoxy) is 1. The van der Waals surface area contributed by atoms with Gasteiger partial charge in [-0.15, -0.1) is 0 Å². The lowest BCUT2D eigenvalue weighted by molar-refractivity contribution is -0.117. The van der Waals surface area contributed by atoms with E-state index in [1.807, 2.05) is 6.07 Å². The Hall–Kier alpha value is -3.20. The molecule has 4 rings (SSSR count). The molecule has 3 aromatic carbocycles. The van der Waals surface area contributed by atoms with Gasteiger partial charge >= 0.3 is 0 Å². The molecule has 1 aliphatic heterocycles. The second-order valence-electron chi connectivity index (χ2n) is 8.58. The molecule has 35 heavy (non-hydrogen) atoms. The highest BCUT2D eigenvalue weighted by Crippen LogP contribution is 2.30. The number of amides is 1. The van der Waals surface area contributed by atoms with Gasteiger partial charge in [0.2, 0.25) is 5.91 Å². The number of hydrogen-bond donors (Lipinski definition) is 3. The fraction of sp³-hybridized carbons (Fsp3) is 0.296. The van der Waals surface area contributed by atoms with Gasteiger partial charge < -0.3 is 21.1 Å². The van der Waals surface area contributed by atoms with Gasteiger partial charge in [-0.3, -0.25) is 4.79 Å². The normalized spacial score (nSPS) is 17.5. The standard InChI is InChI=1S/C27H28F3N3O2/c28-21-7-4-8-24(20(21)11-10-19-16-32-13-14-35-19)33-27(34)26(31)25(17-5-2-1-3-6-17)18-9-12-22(29)23(30)15-18/h1-9,12,15,19,25-26,32H,10-11,13-14,16,31H2,(H,33,34)/t19-,25-,26+/m1/s1. The average Bonchev–Trinajstić information content (AvgIpc) is 2.87. The van der Waals surface area contributed by atoms with E-state index in [4.69, 9.17) is 10.5 Å². The number of morpholine rings is 1. The zero-order valence-electron chi connectivity index (χ0n) is 19.1. The molecule has 3 aromatic rings. The molecule has 0 aromatic heterocycles. The summed E-state index contributed by atoms with van der Waals surface area (Å²) in [6.07, 6.45) is 0.921. The van der Waals surface area contributed by atoms with Crippen LogP contribution in [0.15, 0.2) is 66.7 Å². The molecule has 1 heterocycles. The Morgan fingerprint density at radius 3 is 2.51 bits per heavy atom. The Morgan fingerprint density at radius 2 is 1.80 bits per heavy atom. The van der Waals surface area contributed by atoms with Crippen molar-refractivity contribution in [2.75, 3.05) is 25.0 Å². The first-order chi connectivity index (χ1) is 16.9. The van der Waals surface area contributed by atoms with Crippen molar-refractivity contribution in [2.45, 2.75) is 30.9 Å². The van der Waals surface area contributed by atoms with Crippen LogP contribution >= 0.6 is 0 Å². The van der Waals surface area contributed by atoms with Crippen LogP contribution in [0, 0.1) is 17.5 Å². The van der Waals surface area contributed by atoms with Gasteiger partial charge in [0.1, 0.15) is 5.82 Å². The summed E-state index contributed by atoms with van der Waals surface area (Å²) in [6, 6.07) is 15.7. The number of anilines is 1. The van der Waals surface area contributed by atoms with Gasteiger partial charge in [0, 0.05) is 30.3 Å². The lowest BCUT2D eigenvalue weighted by Gasteiger charge is -2.26. The highest BCUT2D eigenvalue weighted by atomic mass is 19.2. The van der Waals surface area contributed by atoms with E-state index in [0.717, 1.165) is 18.7 Å². The predicted molar refractivity (Wildman–Crippen MR) is 129 cm³/mol. The summed E-state index contributed by atoms with van der Waals surface area (Å²) in [7, 11) is 0. The van der Waals surface area contributed by atoms with E-state index < -0.39 is 35.3 Å². The van der Waals surface area contributed by atoms with Gasteiger partial charge in [-0.05, 0) is 48.2 Å². The minimum atomic E-state index is -1.15. The Morgan fingerprint density at radius 1 is 1.00 bits per heavy atom. The molecule has 0 saturated carbocycles. The largest absolute Gasteiger partial charge is 0.376 e. The minimum Gasteiger partial charge on any atom is -0.376 e. The van der Waals surface area contributed by atoms with Crippen LogP contribution < -0.4 is 16.4 Å². The molecule has 184 valence electrons. The second-order valence-corrected chi connectivity index (χ2v) is 8.58. The van der Waals surface area contributed by atoms with E-state index >= 15 is 0 Å². The molecule has 1 amide bonds. The summed E-state index contributed by atoms with van der Waals surface area (Å²) in [5.74, 6) is -3.75. The molecular weight excluding hydrogens is 455 g/mol. The summed E-state index contributed by atoms with van der Waals surface area (Å²) in [4.78, 5) is 13.3. The maximum absolute atomic E-state index is 14.7. The van der Waals surface area contributed by atoms with E-state index in [0.29, 0.717) is 48.4 Å². The quantitative estimate of drug-likeness (QED) is 0.451. The highest BCUT2D eigenvalue weighted by molar-refractivity contribution is 5.96. The van der Waals surface area contributed by atoms with Gasteiger partial charge in [-0.25, -0.2) is 13.2 Å². The molecule has 3 atom stereocenters. The van der Waals surface area contributed by atoms with Gasteiger partial charge in [0.25, 0.3) is 0 Å².